The summed E-state index contributed by atoms with van der Waals surface area (Å²) >= 11 is 0. The van der Waals surface area contributed by atoms with Gasteiger partial charge in [-0.15, -0.1) is 0 Å². The maximum absolute atomic E-state index is 12.5. The van der Waals surface area contributed by atoms with E-state index >= 15 is 0 Å². The second kappa shape index (κ2) is 7.24. The van der Waals surface area contributed by atoms with Crippen molar-refractivity contribution in [3.8, 4) is 6.07 Å². The van der Waals surface area contributed by atoms with Gasteiger partial charge >= 0.3 is 0 Å². The van der Waals surface area contributed by atoms with Crippen LogP contribution in [-0.2, 0) is 4.79 Å². The van der Waals surface area contributed by atoms with Crippen LogP contribution in [0.4, 0.5) is 5.69 Å². The lowest BCUT2D eigenvalue weighted by atomic mass is 10.1. The van der Waals surface area contributed by atoms with Crippen molar-refractivity contribution in [1.82, 2.24) is 4.90 Å². The van der Waals surface area contributed by atoms with Gasteiger partial charge < -0.3 is 5.32 Å². The normalized spacial score (nSPS) is 15.5. The lowest BCUT2D eigenvalue weighted by molar-refractivity contribution is -0.121. The Hall–Kier alpha value is -1.86. The first-order chi connectivity index (χ1) is 10.2. The molecule has 0 bridgehead atoms. The van der Waals surface area contributed by atoms with E-state index in [1.807, 2.05) is 13.0 Å². The minimum Gasteiger partial charge on any atom is -0.324 e. The summed E-state index contributed by atoms with van der Waals surface area (Å²) in [5.74, 6) is -0.0271. The van der Waals surface area contributed by atoms with Gasteiger partial charge in [0.2, 0.25) is 5.91 Å². The number of unbranched alkanes of at least 4 members (excludes halogenated alkanes) is 1. The van der Waals surface area contributed by atoms with Gasteiger partial charge in [0.1, 0.15) is 6.07 Å². The molecule has 21 heavy (non-hydrogen) atoms. The van der Waals surface area contributed by atoms with E-state index in [0.717, 1.165) is 19.4 Å². The van der Waals surface area contributed by atoms with Crippen LogP contribution in [0.2, 0.25) is 0 Å². The number of nitrogens with one attached hydrogen (secondary N) is 1. The molecule has 0 spiro atoms. The third kappa shape index (κ3) is 4.05. The fraction of sp³-hybridized carbons (Fsp3) is 0.529. The largest absolute Gasteiger partial charge is 0.324 e. The second-order valence-corrected chi connectivity index (χ2v) is 5.65. The maximum Gasteiger partial charge on any atom is 0.241 e. The van der Waals surface area contributed by atoms with E-state index in [-0.39, 0.29) is 11.9 Å². The third-order valence-corrected chi connectivity index (χ3v) is 3.97. The molecule has 1 unspecified atom stereocenters. The molecule has 0 radical (unpaired) electrons. The van der Waals surface area contributed by atoms with Gasteiger partial charge in [0.25, 0.3) is 0 Å². The first kappa shape index (κ1) is 15.5. The summed E-state index contributed by atoms with van der Waals surface area (Å²) in [5.41, 5.74) is 1.10. The highest BCUT2D eigenvalue weighted by atomic mass is 16.2. The van der Waals surface area contributed by atoms with Crippen molar-refractivity contribution >= 4 is 11.6 Å². The van der Waals surface area contributed by atoms with E-state index < -0.39 is 0 Å². The molecular weight excluding hydrogens is 262 g/mol. The van der Waals surface area contributed by atoms with Crippen LogP contribution in [0.25, 0.3) is 0 Å². The molecule has 0 saturated heterocycles. The number of benzene rings is 1. The van der Waals surface area contributed by atoms with E-state index in [2.05, 4.69) is 23.2 Å². The molecule has 2 rings (SSSR count). The van der Waals surface area contributed by atoms with Crippen molar-refractivity contribution in [3.63, 3.8) is 0 Å². The van der Waals surface area contributed by atoms with Crippen molar-refractivity contribution in [1.29, 1.82) is 5.26 Å². The minimum atomic E-state index is -0.157. The van der Waals surface area contributed by atoms with Crippen LogP contribution in [0.3, 0.4) is 0 Å². The van der Waals surface area contributed by atoms with Gasteiger partial charge in [-0.1, -0.05) is 25.5 Å². The van der Waals surface area contributed by atoms with Gasteiger partial charge in [-0.3, -0.25) is 9.69 Å². The van der Waals surface area contributed by atoms with Gasteiger partial charge in [0, 0.05) is 6.04 Å². The molecule has 1 amide bonds. The fourth-order valence-corrected chi connectivity index (χ4v) is 2.52. The molecule has 1 aromatic rings. The fourth-order valence-electron chi connectivity index (χ4n) is 2.52. The van der Waals surface area contributed by atoms with Crippen LogP contribution in [0.5, 0.6) is 0 Å². The van der Waals surface area contributed by atoms with Crippen LogP contribution < -0.4 is 5.32 Å². The van der Waals surface area contributed by atoms with Crippen molar-refractivity contribution < 1.29 is 4.79 Å². The molecule has 1 saturated carbocycles. The predicted octanol–water partition coefficient (Wildman–Crippen LogP) is 3.15. The highest BCUT2D eigenvalue weighted by Crippen LogP contribution is 2.29. The topological polar surface area (TPSA) is 56.1 Å². The van der Waals surface area contributed by atoms with Crippen LogP contribution in [-0.4, -0.2) is 29.4 Å². The van der Waals surface area contributed by atoms with E-state index in [0.29, 0.717) is 17.3 Å². The Kier molecular flexibility index (Phi) is 5.35. The highest BCUT2D eigenvalue weighted by Gasteiger charge is 2.34. The maximum atomic E-state index is 12.5. The van der Waals surface area contributed by atoms with Crippen LogP contribution in [0.15, 0.2) is 24.3 Å². The molecule has 4 heteroatoms. The minimum absolute atomic E-state index is 0.0271. The summed E-state index contributed by atoms with van der Waals surface area (Å²) in [5, 5.41) is 12.0. The summed E-state index contributed by atoms with van der Waals surface area (Å²) in [6.07, 6.45) is 4.63. The Morgan fingerprint density at radius 2 is 2.19 bits per heavy atom. The molecule has 1 aromatic carbocycles. The standard InChI is InChI=1S/C17H23N3O/c1-3-4-11-20(15-9-10-15)13(2)17(21)19-16-8-6-5-7-14(16)12-18/h5-8,13,15H,3-4,9-11H2,1-2H3,(H,19,21). The van der Waals surface area contributed by atoms with E-state index in [1.54, 1.807) is 18.2 Å². The number of hydrogen-bond acceptors (Lipinski definition) is 3. The van der Waals surface area contributed by atoms with Crippen molar-refractivity contribution in [3.05, 3.63) is 29.8 Å². The van der Waals surface area contributed by atoms with Crippen LogP contribution in [0.1, 0.15) is 45.1 Å². The number of nitrogens with zero attached hydrogens (tertiary/aromatic N) is 2. The number of amides is 1. The highest BCUT2D eigenvalue weighted by molar-refractivity contribution is 5.95. The van der Waals surface area contributed by atoms with E-state index in [4.69, 9.17) is 5.26 Å². The quantitative estimate of drug-likeness (QED) is 0.837. The van der Waals surface area contributed by atoms with Crippen LogP contribution in [0, 0.1) is 11.3 Å². The van der Waals surface area contributed by atoms with Crippen LogP contribution >= 0.6 is 0 Å². The summed E-state index contributed by atoms with van der Waals surface area (Å²) in [7, 11) is 0. The zero-order valence-electron chi connectivity index (χ0n) is 12.8. The Balaban J connectivity index is 2.02. The first-order valence-corrected chi connectivity index (χ1v) is 7.73. The number of carbonyl (C=O) groups excluding carboxylic acids is 1. The molecule has 0 aliphatic heterocycles. The Morgan fingerprint density at radius 3 is 2.81 bits per heavy atom. The first-order valence-electron chi connectivity index (χ1n) is 7.73. The molecule has 1 fully saturated rings. The average Bonchev–Trinajstić information content (AvgIpc) is 3.32. The molecule has 112 valence electrons. The second-order valence-electron chi connectivity index (χ2n) is 5.65. The van der Waals surface area contributed by atoms with Gasteiger partial charge in [-0.25, -0.2) is 0 Å². The number of hydrogen-bond donors (Lipinski definition) is 1. The smallest absolute Gasteiger partial charge is 0.241 e. The molecule has 1 aliphatic rings. The lowest BCUT2D eigenvalue weighted by Crippen LogP contribution is -2.44. The summed E-state index contributed by atoms with van der Waals surface area (Å²) in [4.78, 5) is 14.8. The monoisotopic (exact) mass is 285 g/mol. The number of anilines is 1. The van der Waals surface area contributed by atoms with Crippen molar-refractivity contribution in [2.75, 3.05) is 11.9 Å². The average molecular weight is 285 g/mol. The lowest BCUT2D eigenvalue weighted by Gasteiger charge is -2.28. The van der Waals surface area contributed by atoms with Gasteiger partial charge in [0.15, 0.2) is 0 Å². The van der Waals surface area contributed by atoms with E-state index in [1.165, 1.54) is 12.8 Å². The zero-order valence-corrected chi connectivity index (χ0v) is 12.8. The molecule has 4 nitrogen and oxygen atoms in total. The SMILES string of the molecule is CCCCN(C1CC1)C(C)C(=O)Nc1ccccc1C#N. The number of carbonyl (C=O) groups is 1. The van der Waals surface area contributed by atoms with E-state index in [9.17, 15) is 4.79 Å². The Labute approximate surface area is 126 Å². The number of nitriles is 1. The van der Waals surface area contributed by atoms with Crippen molar-refractivity contribution in [2.45, 2.75) is 51.6 Å². The Bertz CT molecular complexity index is 531. The third-order valence-electron chi connectivity index (χ3n) is 3.97. The number of rotatable bonds is 7. The molecule has 0 heterocycles. The molecule has 1 N–H and O–H groups in total. The zero-order chi connectivity index (χ0) is 15.2. The number of para-hydroxylation sites is 1. The molecule has 0 aromatic heterocycles. The van der Waals surface area contributed by atoms with Crippen molar-refractivity contribution in [2.24, 2.45) is 0 Å². The van der Waals surface area contributed by atoms with Gasteiger partial charge in [-0.2, -0.15) is 5.26 Å². The summed E-state index contributed by atoms with van der Waals surface area (Å²) in [6, 6.07) is 9.64. The molecular formula is C17H23N3O. The summed E-state index contributed by atoms with van der Waals surface area (Å²) < 4.78 is 0. The molecule has 1 aliphatic carbocycles. The molecule has 1 atom stereocenters. The van der Waals surface area contributed by atoms with Gasteiger partial charge in [-0.05, 0) is 44.9 Å². The summed E-state index contributed by atoms with van der Waals surface area (Å²) in [6.45, 7) is 5.09. The van der Waals surface area contributed by atoms with Gasteiger partial charge in [0.05, 0.1) is 17.3 Å². The predicted molar refractivity (Wildman–Crippen MR) is 83.9 cm³/mol. The Morgan fingerprint density at radius 1 is 1.48 bits per heavy atom.